The van der Waals surface area contributed by atoms with Crippen LogP contribution >= 0.6 is 11.8 Å². The van der Waals surface area contributed by atoms with Gasteiger partial charge < -0.3 is 10.6 Å². The van der Waals surface area contributed by atoms with E-state index in [9.17, 15) is 9.59 Å². The lowest BCUT2D eigenvalue weighted by Gasteiger charge is -2.13. The van der Waals surface area contributed by atoms with E-state index in [0.717, 1.165) is 21.8 Å². The molecule has 5 heteroatoms. The Morgan fingerprint density at radius 1 is 1.00 bits per heavy atom. The molecule has 2 N–H and O–H groups in total. The molecule has 4 nitrogen and oxygen atoms in total. The number of hydrogen-bond donors (Lipinski definition) is 2. The highest BCUT2D eigenvalue weighted by Gasteiger charge is 2.14. The number of anilines is 2. The van der Waals surface area contributed by atoms with Crippen molar-refractivity contribution in [2.24, 2.45) is 0 Å². The number of carbonyl (C=O) groups is 2. The van der Waals surface area contributed by atoms with Crippen molar-refractivity contribution in [1.82, 2.24) is 0 Å². The number of hydrogen-bond acceptors (Lipinski definition) is 3. The van der Waals surface area contributed by atoms with E-state index in [-0.39, 0.29) is 17.1 Å². The van der Waals surface area contributed by atoms with Crippen LogP contribution in [-0.2, 0) is 9.59 Å². The standard InChI is InChI=1S/C18H20N2O2S/c1-12-5-4-6-16(11-12)20-18(22)13(2)23-17-9-7-15(8-10-17)19-14(3)21/h4-11,13H,1-3H3,(H,19,21)(H,20,22)/t13-/m1/s1. The molecule has 2 amide bonds. The van der Waals surface area contributed by atoms with Crippen LogP contribution in [0.15, 0.2) is 53.4 Å². The number of carbonyl (C=O) groups excluding carboxylic acids is 2. The van der Waals surface area contributed by atoms with Gasteiger partial charge in [-0.15, -0.1) is 11.8 Å². The van der Waals surface area contributed by atoms with Gasteiger partial charge in [-0.2, -0.15) is 0 Å². The number of benzene rings is 2. The molecule has 2 rings (SSSR count). The summed E-state index contributed by atoms with van der Waals surface area (Å²) in [4.78, 5) is 24.2. The molecule has 0 saturated carbocycles. The van der Waals surface area contributed by atoms with E-state index in [1.165, 1.54) is 18.7 Å². The fourth-order valence-electron chi connectivity index (χ4n) is 2.04. The molecule has 0 unspecified atom stereocenters. The molecule has 2 aromatic carbocycles. The lowest BCUT2D eigenvalue weighted by atomic mass is 10.2. The lowest BCUT2D eigenvalue weighted by molar-refractivity contribution is -0.115. The first-order valence-corrected chi connectivity index (χ1v) is 8.24. The van der Waals surface area contributed by atoms with Crippen molar-refractivity contribution in [2.75, 3.05) is 10.6 Å². The minimum atomic E-state index is -0.220. The summed E-state index contributed by atoms with van der Waals surface area (Å²) in [5, 5.41) is 5.42. The number of amides is 2. The first-order valence-electron chi connectivity index (χ1n) is 7.36. The van der Waals surface area contributed by atoms with Gasteiger partial charge in [-0.25, -0.2) is 0 Å². The second-order valence-electron chi connectivity index (χ2n) is 5.32. The summed E-state index contributed by atoms with van der Waals surface area (Å²) in [6.07, 6.45) is 0. The quantitative estimate of drug-likeness (QED) is 0.813. The third-order valence-electron chi connectivity index (χ3n) is 3.14. The maximum atomic E-state index is 12.3. The maximum absolute atomic E-state index is 12.3. The number of rotatable bonds is 5. The van der Waals surface area contributed by atoms with Gasteiger partial charge in [0.2, 0.25) is 11.8 Å². The third-order valence-corrected chi connectivity index (χ3v) is 4.25. The average molecular weight is 328 g/mol. The zero-order chi connectivity index (χ0) is 16.8. The van der Waals surface area contributed by atoms with Crippen LogP contribution in [0.5, 0.6) is 0 Å². The van der Waals surface area contributed by atoms with Crippen molar-refractivity contribution in [3.05, 3.63) is 54.1 Å². The first kappa shape index (κ1) is 17.1. The summed E-state index contributed by atoms with van der Waals surface area (Å²) in [6, 6.07) is 15.2. The Kier molecular flexibility index (Phi) is 5.82. The monoisotopic (exact) mass is 328 g/mol. The van der Waals surface area contributed by atoms with Crippen molar-refractivity contribution < 1.29 is 9.59 Å². The summed E-state index contributed by atoms with van der Waals surface area (Å²) in [7, 11) is 0. The molecule has 0 aromatic heterocycles. The second kappa shape index (κ2) is 7.83. The SMILES string of the molecule is CC(=O)Nc1ccc(S[C@H](C)C(=O)Nc2cccc(C)c2)cc1. The number of aryl methyl sites for hydroxylation is 1. The molecule has 0 heterocycles. The molecular weight excluding hydrogens is 308 g/mol. The van der Waals surface area contributed by atoms with Crippen LogP contribution in [-0.4, -0.2) is 17.1 Å². The van der Waals surface area contributed by atoms with Crippen LogP contribution in [0, 0.1) is 6.92 Å². The van der Waals surface area contributed by atoms with Gasteiger partial charge in [0.25, 0.3) is 0 Å². The van der Waals surface area contributed by atoms with Crippen molar-refractivity contribution in [3.63, 3.8) is 0 Å². The molecule has 0 aliphatic rings. The normalized spacial score (nSPS) is 11.6. The van der Waals surface area contributed by atoms with Gasteiger partial charge in [-0.1, -0.05) is 12.1 Å². The molecule has 0 spiro atoms. The van der Waals surface area contributed by atoms with Crippen LogP contribution in [0.2, 0.25) is 0 Å². The molecule has 0 bridgehead atoms. The van der Waals surface area contributed by atoms with Gasteiger partial charge in [0.1, 0.15) is 0 Å². The van der Waals surface area contributed by atoms with Crippen molar-refractivity contribution in [1.29, 1.82) is 0 Å². The molecule has 0 aliphatic carbocycles. The van der Waals surface area contributed by atoms with Crippen LogP contribution in [0.1, 0.15) is 19.4 Å². The van der Waals surface area contributed by atoms with Crippen molar-refractivity contribution >= 4 is 35.0 Å². The second-order valence-corrected chi connectivity index (χ2v) is 6.74. The molecule has 0 saturated heterocycles. The van der Waals surface area contributed by atoms with E-state index >= 15 is 0 Å². The summed E-state index contributed by atoms with van der Waals surface area (Å²) >= 11 is 1.48. The molecule has 1 atom stereocenters. The summed E-state index contributed by atoms with van der Waals surface area (Å²) in [6.45, 7) is 5.34. The van der Waals surface area contributed by atoms with Crippen LogP contribution < -0.4 is 10.6 Å². The highest BCUT2D eigenvalue weighted by molar-refractivity contribution is 8.00. The van der Waals surface area contributed by atoms with Gasteiger partial charge in [0, 0.05) is 23.2 Å². The predicted molar refractivity (Wildman–Crippen MR) is 95.9 cm³/mol. The minimum absolute atomic E-state index is 0.0356. The zero-order valence-corrected chi connectivity index (χ0v) is 14.2. The molecule has 0 aliphatic heterocycles. The third kappa shape index (κ3) is 5.45. The number of nitrogens with one attached hydrogen (secondary N) is 2. The van der Waals surface area contributed by atoms with E-state index in [1.54, 1.807) is 0 Å². The molecule has 0 fully saturated rings. The zero-order valence-electron chi connectivity index (χ0n) is 13.4. The average Bonchev–Trinajstić information content (AvgIpc) is 2.48. The summed E-state index contributed by atoms with van der Waals surface area (Å²) in [5.41, 5.74) is 2.67. The van der Waals surface area contributed by atoms with E-state index < -0.39 is 0 Å². The molecular formula is C18H20N2O2S. The van der Waals surface area contributed by atoms with Crippen LogP contribution in [0.3, 0.4) is 0 Å². The summed E-state index contributed by atoms with van der Waals surface area (Å²) in [5.74, 6) is -0.136. The Labute approximate surface area is 140 Å². The van der Waals surface area contributed by atoms with E-state index in [2.05, 4.69) is 10.6 Å². The highest BCUT2D eigenvalue weighted by atomic mass is 32.2. The van der Waals surface area contributed by atoms with Gasteiger partial charge in [-0.3, -0.25) is 9.59 Å². The molecule has 0 radical (unpaired) electrons. The van der Waals surface area contributed by atoms with E-state index in [0.29, 0.717) is 0 Å². The van der Waals surface area contributed by atoms with Gasteiger partial charge >= 0.3 is 0 Å². The maximum Gasteiger partial charge on any atom is 0.237 e. The Morgan fingerprint density at radius 2 is 1.70 bits per heavy atom. The van der Waals surface area contributed by atoms with E-state index in [1.807, 2.05) is 62.4 Å². The Balaban J connectivity index is 1.94. The highest BCUT2D eigenvalue weighted by Crippen LogP contribution is 2.25. The molecule has 2 aromatic rings. The topological polar surface area (TPSA) is 58.2 Å². The minimum Gasteiger partial charge on any atom is -0.326 e. The molecule has 120 valence electrons. The van der Waals surface area contributed by atoms with Gasteiger partial charge in [-0.05, 0) is 55.8 Å². The summed E-state index contributed by atoms with van der Waals surface area (Å²) < 4.78 is 0. The first-order chi connectivity index (χ1) is 10.9. The smallest absolute Gasteiger partial charge is 0.237 e. The van der Waals surface area contributed by atoms with Gasteiger partial charge in [0.15, 0.2) is 0 Å². The van der Waals surface area contributed by atoms with Crippen LogP contribution in [0.4, 0.5) is 11.4 Å². The fourth-order valence-corrected chi connectivity index (χ4v) is 2.91. The largest absolute Gasteiger partial charge is 0.326 e. The Hall–Kier alpha value is -2.27. The van der Waals surface area contributed by atoms with Gasteiger partial charge in [0.05, 0.1) is 5.25 Å². The predicted octanol–water partition coefficient (Wildman–Crippen LogP) is 4.07. The van der Waals surface area contributed by atoms with Crippen molar-refractivity contribution in [3.8, 4) is 0 Å². The fraction of sp³-hybridized carbons (Fsp3) is 0.222. The Bertz CT molecular complexity index is 698. The Morgan fingerprint density at radius 3 is 2.30 bits per heavy atom. The van der Waals surface area contributed by atoms with Crippen LogP contribution in [0.25, 0.3) is 0 Å². The van der Waals surface area contributed by atoms with E-state index in [4.69, 9.17) is 0 Å². The number of thioether (sulfide) groups is 1. The lowest BCUT2D eigenvalue weighted by Crippen LogP contribution is -2.22. The van der Waals surface area contributed by atoms with Crippen molar-refractivity contribution in [2.45, 2.75) is 30.9 Å². The molecule has 23 heavy (non-hydrogen) atoms.